The third-order valence-electron chi connectivity index (χ3n) is 9.93. The van der Waals surface area contributed by atoms with Gasteiger partial charge in [0.2, 0.25) is 0 Å². The molecule has 0 aromatic heterocycles. The quantitative estimate of drug-likeness (QED) is 0.0781. The highest BCUT2D eigenvalue weighted by molar-refractivity contribution is 6.02. The van der Waals surface area contributed by atoms with Crippen molar-refractivity contribution in [3.63, 3.8) is 0 Å². The van der Waals surface area contributed by atoms with Gasteiger partial charge >= 0.3 is 0 Å². The van der Waals surface area contributed by atoms with E-state index in [1.54, 1.807) is 44.4 Å². The number of methoxy groups -OCH3 is 1. The number of hydrogen-bond donors (Lipinski definition) is 6. The molecule has 2 aromatic rings. The minimum absolute atomic E-state index is 0.0588. The number of ether oxygens (including phenoxy) is 1. The van der Waals surface area contributed by atoms with Crippen molar-refractivity contribution in [1.82, 2.24) is 10.2 Å². The number of aldehydes is 1. The van der Waals surface area contributed by atoms with Crippen LogP contribution in [0.2, 0.25) is 0 Å². The number of anilines is 4. The minimum Gasteiger partial charge on any atom is -0.404 e. The first-order chi connectivity index (χ1) is 23.3. The lowest BCUT2D eigenvalue weighted by Crippen LogP contribution is -2.44. The van der Waals surface area contributed by atoms with Crippen LogP contribution in [0.15, 0.2) is 65.4 Å². The van der Waals surface area contributed by atoms with Crippen molar-refractivity contribution in [2.24, 2.45) is 16.6 Å². The molecule has 3 aliphatic rings. The number of nitrogens with one attached hydrogen (secondary N) is 5. The van der Waals surface area contributed by atoms with E-state index in [-0.39, 0.29) is 24.6 Å². The fraction of sp³-hybridized carbons (Fsp3) is 0.486. The van der Waals surface area contributed by atoms with Crippen LogP contribution in [0.1, 0.15) is 65.7 Å². The molecule has 2 aromatic carbocycles. The normalized spacial score (nSPS) is 21.1. The lowest BCUT2D eigenvalue weighted by atomic mass is 9.78. The van der Waals surface area contributed by atoms with Gasteiger partial charge in [-0.3, -0.25) is 14.6 Å². The van der Waals surface area contributed by atoms with Crippen LogP contribution >= 0.6 is 0 Å². The number of hydrogen-bond acceptors (Lipinski definition) is 10. The molecule has 2 fully saturated rings. The number of carbonyl (C=O) groups is 2. The van der Waals surface area contributed by atoms with Gasteiger partial charge in [-0.2, -0.15) is 0 Å². The van der Waals surface area contributed by atoms with Gasteiger partial charge in [0.1, 0.15) is 0 Å². The van der Waals surface area contributed by atoms with Crippen LogP contribution in [-0.4, -0.2) is 88.4 Å². The molecule has 0 saturated heterocycles. The van der Waals surface area contributed by atoms with E-state index >= 15 is 0 Å². The Morgan fingerprint density at radius 1 is 1.19 bits per heavy atom. The summed E-state index contributed by atoms with van der Waals surface area (Å²) in [7, 11) is 5.03. The van der Waals surface area contributed by atoms with E-state index in [2.05, 4.69) is 51.4 Å². The Kier molecular flexibility index (Phi) is 12.0. The second-order valence-electron chi connectivity index (χ2n) is 13.2. The third kappa shape index (κ3) is 8.49. The van der Waals surface area contributed by atoms with Crippen molar-refractivity contribution in [3.05, 3.63) is 71.6 Å². The smallest absolute Gasteiger partial charge is 0.255 e. The Morgan fingerprint density at radius 2 is 1.98 bits per heavy atom. The van der Waals surface area contributed by atoms with E-state index in [1.165, 1.54) is 19.3 Å². The summed E-state index contributed by atoms with van der Waals surface area (Å²) >= 11 is 0. The van der Waals surface area contributed by atoms with Gasteiger partial charge in [0, 0.05) is 81.0 Å². The Balaban J connectivity index is 1.05. The maximum atomic E-state index is 13.4. The molecule has 1 aliphatic heterocycles. The SMILES string of the molecule is C=C(NC)C(COC)N(C)C(=O)c1cc(NCCCC2CC(N=CC(=CN)C3CNc4ccc(NC5CCC5)cc4N3)C2)ccc1C=O. The number of rotatable bonds is 17. The van der Waals surface area contributed by atoms with Crippen LogP contribution in [-0.2, 0) is 4.74 Å². The average Bonchev–Trinajstić information content (AvgIpc) is 3.07. The molecule has 258 valence electrons. The monoisotopic (exact) mass is 656 g/mol. The van der Waals surface area contributed by atoms with Gasteiger partial charge in [0.25, 0.3) is 5.91 Å². The van der Waals surface area contributed by atoms with Crippen molar-refractivity contribution in [3.8, 4) is 0 Å². The largest absolute Gasteiger partial charge is 0.404 e. The summed E-state index contributed by atoms with van der Waals surface area (Å²) in [4.78, 5) is 31.6. The molecule has 0 spiro atoms. The number of amides is 1. The molecule has 2 saturated carbocycles. The van der Waals surface area contributed by atoms with Gasteiger partial charge in [0.05, 0.1) is 41.7 Å². The van der Waals surface area contributed by atoms with E-state index in [0.717, 1.165) is 73.4 Å². The first kappa shape index (κ1) is 34.8. The van der Waals surface area contributed by atoms with Crippen molar-refractivity contribution in [2.75, 3.05) is 62.2 Å². The molecule has 11 nitrogen and oxygen atoms in total. The molecule has 11 heteroatoms. The van der Waals surface area contributed by atoms with E-state index in [4.69, 9.17) is 15.5 Å². The predicted octanol–water partition coefficient (Wildman–Crippen LogP) is 5.07. The number of carbonyl (C=O) groups excluding carboxylic acids is 2. The van der Waals surface area contributed by atoms with E-state index < -0.39 is 0 Å². The zero-order valence-electron chi connectivity index (χ0n) is 28.6. The highest BCUT2D eigenvalue weighted by atomic mass is 16.5. The molecule has 48 heavy (non-hydrogen) atoms. The van der Waals surface area contributed by atoms with E-state index in [9.17, 15) is 9.59 Å². The summed E-state index contributed by atoms with van der Waals surface area (Å²) in [6, 6.07) is 12.3. The van der Waals surface area contributed by atoms with Crippen LogP contribution < -0.4 is 32.3 Å². The van der Waals surface area contributed by atoms with Gasteiger partial charge < -0.3 is 42.0 Å². The summed E-state index contributed by atoms with van der Waals surface area (Å²) in [5.41, 5.74) is 12.6. The standard InChI is InChI=1S/C37H52N8O3/c1-24(39-2)36(23-48-4)45(3)37(47)32-17-29(11-10-26(32)22-46)40-14-6-7-25-15-31(16-25)41-20-27(19-38)35-21-42-33-13-12-30(18-34(33)44-35)43-28-8-5-9-28/h10-13,17-20,22,25,28,31,35-36,39-40,42-44H,1,5-9,14-16,21,23,38H2,2-4H3. The van der Waals surface area contributed by atoms with Crippen molar-refractivity contribution in [2.45, 2.75) is 69.1 Å². The van der Waals surface area contributed by atoms with Gasteiger partial charge in [0.15, 0.2) is 6.29 Å². The number of likely N-dealkylation sites (N-methyl/N-ethyl adjacent to an activating group) is 2. The summed E-state index contributed by atoms with van der Waals surface area (Å²) in [6.07, 6.45) is 12.4. The molecule has 5 rings (SSSR count). The lowest BCUT2D eigenvalue weighted by molar-refractivity contribution is 0.0647. The van der Waals surface area contributed by atoms with Crippen LogP contribution in [0.3, 0.4) is 0 Å². The van der Waals surface area contributed by atoms with Gasteiger partial charge in [-0.25, -0.2) is 0 Å². The third-order valence-corrected chi connectivity index (χ3v) is 9.93. The van der Waals surface area contributed by atoms with Crippen molar-refractivity contribution < 1.29 is 14.3 Å². The Hall–Kier alpha value is -4.51. The fourth-order valence-corrected chi connectivity index (χ4v) is 6.53. The highest BCUT2D eigenvalue weighted by Crippen LogP contribution is 2.35. The van der Waals surface area contributed by atoms with Crippen LogP contribution in [0.5, 0.6) is 0 Å². The highest BCUT2D eigenvalue weighted by Gasteiger charge is 2.29. The topological polar surface area (TPSA) is 145 Å². The number of benzene rings is 2. The summed E-state index contributed by atoms with van der Waals surface area (Å²) in [5.74, 6) is 0.377. The maximum Gasteiger partial charge on any atom is 0.255 e. The Morgan fingerprint density at radius 3 is 2.67 bits per heavy atom. The second-order valence-corrected chi connectivity index (χ2v) is 13.2. The number of aliphatic imine (C=N–C) groups is 1. The number of fused-ring (bicyclic) bond motifs is 1. The zero-order valence-corrected chi connectivity index (χ0v) is 28.6. The minimum atomic E-state index is -0.372. The Bertz CT molecular complexity index is 1500. The van der Waals surface area contributed by atoms with Crippen molar-refractivity contribution in [1.29, 1.82) is 0 Å². The molecule has 1 heterocycles. The summed E-state index contributed by atoms with van der Waals surface area (Å²) < 4.78 is 5.30. The first-order valence-corrected chi connectivity index (χ1v) is 17.1. The molecule has 1 amide bonds. The first-order valence-electron chi connectivity index (χ1n) is 17.1. The summed E-state index contributed by atoms with van der Waals surface area (Å²) in [6.45, 7) is 5.82. The molecule has 0 bridgehead atoms. The van der Waals surface area contributed by atoms with Crippen LogP contribution in [0, 0.1) is 5.92 Å². The number of nitrogens with zero attached hydrogens (tertiary/aromatic N) is 2. The van der Waals surface area contributed by atoms with Gasteiger partial charge in [-0.15, -0.1) is 0 Å². The lowest BCUT2D eigenvalue weighted by Gasteiger charge is -2.33. The molecule has 0 radical (unpaired) electrons. The molecule has 2 atom stereocenters. The second kappa shape index (κ2) is 16.5. The predicted molar refractivity (Wildman–Crippen MR) is 196 cm³/mol. The van der Waals surface area contributed by atoms with Gasteiger partial charge in [-0.1, -0.05) is 6.58 Å². The molecule has 7 N–H and O–H groups in total. The zero-order chi connectivity index (χ0) is 34.0. The van der Waals surface area contributed by atoms with E-state index in [1.807, 2.05) is 12.3 Å². The number of nitrogens with two attached hydrogens (primary N) is 1. The van der Waals surface area contributed by atoms with Gasteiger partial charge in [-0.05, 0) is 87.3 Å². The molecule has 2 aliphatic carbocycles. The van der Waals surface area contributed by atoms with Crippen molar-refractivity contribution >= 4 is 41.2 Å². The molecular formula is C37H52N8O3. The Labute approximate surface area is 284 Å². The fourth-order valence-electron chi connectivity index (χ4n) is 6.53. The summed E-state index contributed by atoms with van der Waals surface area (Å²) in [5, 5.41) is 17.3. The van der Waals surface area contributed by atoms with Crippen LogP contribution in [0.4, 0.5) is 22.7 Å². The molecular weight excluding hydrogens is 604 g/mol. The molecule has 2 unspecified atom stereocenters. The maximum absolute atomic E-state index is 13.4. The average molecular weight is 657 g/mol. The van der Waals surface area contributed by atoms with E-state index in [0.29, 0.717) is 34.8 Å². The van der Waals surface area contributed by atoms with Crippen LogP contribution in [0.25, 0.3) is 0 Å².